The van der Waals surface area contributed by atoms with Crippen LogP contribution in [0.5, 0.6) is 0 Å². The SMILES string of the molecule is CC(C)CN(C(=O)c1ccc(S(=O)(=O)Cl)cc1)C1CC1. The van der Waals surface area contributed by atoms with E-state index in [2.05, 4.69) is 13.8 Å². The van der Waals surface area contributed by atoms with Crippen LogP contribution >= 0.6 is 10.7 Å². The molecule has 0 radical (unpaired) electrons. The third kappa shape index (κ3) is 3.73. The molecule has 1 aromatic rings. The van der Waals surface area contributed by atoms with Crippen molar-refractivity contribution in [3.05, 3.63) is 29.8 Å². The van der Waals surface area contributed by atoms with E-state index in [-0.39, 0.29) is 10.8 Å². The Hall–Kier alpha value is -1.07. The molecule has 4 nitrogen and oxygen atoms in total. The number of rotatable bonds is 5. The highest BCUT2D eigenvalue weighted by molar-refractivity contribution is 8.13. The van der Waals surface area contributed by atoms with Crippen LogP contribution in [0, 0.1) is 5.92 Å². The minimum atomic E-state index is -3.74. The summed E-state index contributed by atoms with van der Waals surface area (Å²) >= 11 is 0. The molecule has 0 unspecified atom stereocenters. The van der Waals surface area contributed by atoms with E-state index in [0.29, 0.717) is 17.5 Å². The summed E-state index contributed by atoms with van der Waals surface area (Å²) in [5.74, 6) is 0.363. The fourth-order valence-corrected chi connectivity index (χ4v) is 2.87. The van der Waals surface area contributed by atoms with E-state index < -0.39 is 9.05 Å². The Balaban J connectivity index is 2.19. The standard InChI is InChI=1S/C14H18ClNO3S/c1-10(2)9-16(12-5-6-12)14(17)11-3-7-13(8-4-11)20(15,18)19/h3-4,7-8,10,12H,5-6,9H2,1-2H3. The second-order valence-corrected chi connectivity index (χ2v) is 8.11. The monoisotopic (exact) mass is 315 g/mol. The number of nitrogens with zero attached hydrogens (tertiary/aromatic N) is 1. The molecule has 0 bridgehead atoms. The maximum absolute atomic E-state index is 12.5. The zero-order valence-electron chi connectivity index (χ0n) is 11.5. The molecular formula is C14H18ClNO3S. The predicted molar refractivity (Wildman–Crippen MR) is 78.4 cm³/mol. The highest BCUT2D eigenvalue weighted by atomic mass is 35.7. The molecule has 0 saturated heterocycles. The minimum Gasteiger partial charge on any atom is -0.335 e. The quantitative estimate of drug-likeness (QED) is 0.785. The second-order valence-electron chi connectivity index (χ2n) is 5.54. The van der Waals surface area contributed by atoms with Crippen LogP contribution in [0.2, 0.25) is 0 Å². The van der Waals surface area contributed by atoms with Crippen molar-refractivity contribution >= 4 is 25.6 Å². The van der Waals surface area contributed by atoms with Crippen molar-refractivity contribution in [2.24, 2.45) is 5.92 Å². The average Bonchev–Trinajstić information content (AvgIpc) is 3.18. The largest absolute Gasteiger partial charge is 0.335 e. The van der Waals surface area contributed by atoms with Crippen LogP contribution in [-0.2, 0) is 9.05 Å². The predicted octanol–water partition coefficient (Wildman–Crippen LogP) is 2.87. The molecule has 2 rings (SSSR count). The topological polar surface area (TPSA) is 54.5 Å². The van der Waals surface area contributed by atoms with E-state index in [4.69, 9.17) is 10.7 Å². The van der Waals surface area contributed by atoms with E-state index in [1.807, 2.05) is 4.90 Å². The Morgan fingerprint density at radius 1 is 1.30 bits per heavy atom. The van der Waals surface area contributed by atoms with Crippen LogP contribution in [0.15, 0.2) is 29.2 Å². The van der Waals surface area contributed by atoms with Gasteiger partial charge in [0, 0.05) is 28.8 Å². The van der Waals surface area contributed by atoms with Gasteiger partial charge in [-0.05, 0) is 43.0 Å². The molecule has 0 heterocycles. The number of carbonyl (C=O) groups excluding carboxylic acids is 1. The van der Waals surface area contributed by atoms with Gasteiger partial charge in [0.25, 0.3) is 15.0 Å². The van der Waals surface area contributed by atoms with E-state index in [1.54, 1.807) is 0 Å². The van der Waals surface area contributed by atoms with Crippen molar-refractivity contribution in [1.29, 1.82) is 0 Å². The van der Waals surface area contributed by atoms with Crippen molar-refractivity contribution in [3.8, 4) is 0 Å². The molecule has 0 atom stereocenters. The fourth-order valence-electron chi connectivity index (χ4n) is 2.10. The normalized spacial score (nSPS) is 15.4. The van der Waals surface area contributed by atoms with Crippen molar-refractivity contribution < 1.29 is 13.2 Å². The molecule has 20 heavy (non-hydrogen) atoms. The van der Waals surface area contributed by atoms with E-state index >= 15 is 0 Å². The third-order valence-corrected chi connectivity index (χ3v) is 4.56. The molecule has 6 heteroatoms. The third-order valence-electron chi connectivity index (χ3n) is 3.19. The van der Waals surface area contributed by atoms with Crippen LogP contribution < -0.4 is 0 Å². The lowest BCUT2D eigenvalue weighted by Crippen LogP contribution is -2.36. The Bertz CT molecular complexity index is 591. The van der Waals surface area contributed by atoms with E-state index in [0.717, 1.165) is 19.4 Å². The molecule has 1 amide bonds. The van der Waals surface area contributed by atoms with Gasteiger partial charge in [0.2, 0.25) is 0 Å². The Morgan fingerprint density at radius 3 is 2.25 bits per heavy atom. The minimum absolute atomic E-state index is 0.0116. The fraction of sp³-hybridized carbons (Fsp3) is 0.500. The van der Waals surface area contributed by atoms with Gasteiger partial charge < -0.3 is 4.90 Å². The van der Waals surface area contributed by atoms with Crippen molar-refractivity contribution in [2.75, 3.05) is 6.54 Å². The summed E-state index contributed by atoms with van der Waals surface area (Å²) in [6.07, 6.45) is 2.10. The molecule has 0 aliphatic heterocycles. The van der Waals surface area contributed by atoms with Gasteiger partial charge in [-0.15, -0.1) is 0 Å². The highest BCUT2D eigenvalue weighted by Gasteiger charge is 2.33. The lowest BCUT2D eigenvalue weighted by atomic mass is 10.1. The molecule has 1 saturated carbocycles. The van der Waals surface area contributed by atoms with Crippen molar-refractivity contribution in [2.45, 2.75) is 37.6 Å². The molecular weight excluding hydrogens is 298 g/mol. The first-order valence-corrected chi connectivity index (χ1v) is 8.95. The van der Waals surface area contributed by atoms with Crippen LogP contribution in [0.3, 0.4) is 0 Å². The van der Waals surface area contributed by atoms with Gasteiger partial charge >= 0.3 is 0 Å². The first-order chi connectivity index (χ1) is 9.29. The molecule has 110 valence electrons. The smallest absolute Gasteiger partial charge is 0.261 e. The summed E-state index contributed by atoms with van der Waals surface area (Å²) in [5.41, 5.74) is 0.501. The van der Waals surface area contributed by atoms with Gasteiger partial charge in [-0.25, -0.2) is 8.42 Å². The van der Waals surface area contributed by atoms with E-state index in [1.165, 1.54) is 24.3 Å². The summed E-state index contributed by atoms with van der Waals surface area (Å²) in [7, 11) is 1.52. The van der Waals surface area contributed by atoms with Gasteiger partial charge in [0.15, 0.2) is 0 Å². The van der Waals surface area contributed by atoms with E-state index in [9.17, 15) is 13.2 Å². The average molecular weight is 316 g/mol. The van der Waals surface area contributed by atoms with Crippen LogP contribution in [-0.4, -0.2) is 31.8 Å². The Kier molecular flexibility index (Phi) is 4.39. The molecule has 1 aliphatic rings. The maximum Gasteiger partial charge on any atom is 0.261 e. The zero-order chi connectivity index (χ0) is 14.9. The number of hydrogen-bond donors (Lipinski definition) is 0. The number of amides is 1. The Labute approximate surface area is 124 Å². The van der Waals surface area contributed by atoms with Gasteiger partial charge in [-0.3, -0.25) is 4.79 Å². The van der Waals surface area contributed by atoms with Crippen LogP contribution in [0.1, 0.15) is 37.0 Å². The molecule has 0 spiro atoms. The van der Waals surface area contributed by atoms with Gasteiger partial charge in [0.05, 0.1) is 4.90 Å². The first-order valence-electron chi connectivity index (χ1n) is 6.64. The highest BCUT2D eigenvalue weighted by Crippen LogP contribution is 2.29. The van der Waals surface area contributed by atoms with Gasteiger partial charge in [-0.2, -0.15) is 0 Å². The lowest BCUT2D eigenvalue weighted by molar-refractivity contribution is 0.0722. The lowest BCUT2D eigenvalue weighted by Gasteiger charge is -2.24. The second kappa shape index (κ2) is 5.74. The number of carbonyl (C=O) groups is 1. The van der Waals surface area contributed by atoms with Crippen LogP contribution in [0.25, 0.3) is 0 Å². The molecule has 0 aromatic heterocycles. The van der Waals surface area contributed by atoms with Gasteiger partial charge in [-0.1, -0.05) is 13.8 Å². The zero-order valence-corrected chi connectivity index (χ0v) is 13.1. The molecule has 0 N–H and O–H groups in total. The van der Waals surface area contributed by atoms with Crippen molar-refractivity contribution in [3.63, 3.8) is 0 Å². The summed E-state index contributed by atoms with van der Waals surface area (Å²) < 4.78 is 22.4. The summed E-state index contributed by atoms with van der Waals surface area (Å²) in [4.78, 5) is 14.4. The number of hydrogen-bond acceptors (Lipinski definition) is 3. The van der Waals surface area contributed by atoms with Gasteiger partial charge in [0.1, 0.15) is 0 Å². The summed E-state index contributed by atoms with van der Waals surface area (Å²) in [6, 6.07) is 6.12. The maximum atomic E-state index is 12.5. The summed E-state index contributed by atoms with van der Waals surface area (Å²) in [5, 5.41) is 0. The van der Waals surface area contributed by atoms with Crippen molar-refractivity contribution in [1.82, 2.24) is 4.90 Å². The van der Waals surface area contributed by atoms with Crippen LogP contribution in [0.4, 0.5) is 0 Å². The molecule has 1 aliphatic carbocycles. The number of benzene rings is 1. The molecule has 1 fully saturated rings. The Morgan fingerprint density at radius 2 is 1.85 bits per heavy atom. The first kappa shape index (κ1) is 15.3. The number of halogens is 1. The molecule has 1 aromatic carbocycles. The summed E-state index contributed by atoms with van der Waals surface area (Å²) in [6.45, 7) is 4.87.